The van der Waals surface area contributed by atoms with Gasteiger partial charge in [-0.2, -0.15) is 0 Å². The molecule has 0 bridgehead atoms. The van der Waals surface area contributed by atoms with E-state index < -0.39 is 0 Å². The van der Waals surface area contributed by atoms with Gasteiger partial charge in [0.2, 0.25) is 0 Å². The van der Waals surface area contributed by atoms with E-state index in [0.29, 0.717) is 5.41 Å². The second-order valence-corrected chi connectivity index (χ2v) is 5.78. The van der Waals surface area contributed by atoms with Crippen LogP contribution in [0.3, 0.4) is 0 Å². The van der Waals surface area contributed by atoms with E-state index in [4.69, 9.17) is 0 Å². The standard InChI is InChI=1S/C12H24N2/c1-12(2)7-6-11(10-12)13-14-8-4-3-5-9-14/h11,13H,3-10H2,1-2H3. The van der Waals surface area contributed by atoms with Gasteiger partial charge in [0.25, 0.3) is 0 Å². The van der Waals surface area contributed by atoms with E-state index in [9.17, 15) is 0 Å². The number of nitrogens with one attached hydrogen (secondary N) is 1. The molecule has 0 radical (unpaired) electrons. The van der Waals surface area contributed by atoms with E-state index in [2.05, 4.69) is 24.3 Å². The number of hydrazine groups is 1. The molecule has 2 nitrogen and oxygen atoms in total. The molecule has 1 saturated carbocycles. The van der Waals surface area contributed by atoms with Crippen molar-refractivity contribution in [2.75, 3.05) is 13.1 Å². The molecule has 0 aromatic rings. The Kier molecular flexibility index (Phi) is 3.13. The summed E-state index contributed by atoms with van der Waals surface area (Å²) < 4.78 is 0. The Bertz CT molecular complexity index is 183. The molecule has 1 unspecified atom stereocenters. The molecular weight excluding hydrogens is 172 g/mol. The van der Waals surface area contributed by atoms with Crippen LogP contribution in [0.5, 0.6) is 0 Å². The van der Waals surface area contributed by atoms with Crippen LogP contribution in [-0.4, -0.2) is 24.1 Å². The Morgan fingerprint density at radius 1 is 1.14 bits per heavy atom. The zero-order chi connectivity index (χ0) is 10.0. The van der Waals surface area contributed by atoms with Gasteiger partial charge in [-0.1, -0.05) is 20.3 Å². The fourth-order valence-electron chi connectivity index (χ4n) is 2.83. The van der Waals surface area contributed by atoms with Crippen LogP contribution in [0.1, 0.15) is 52.4 Å². The molecule has 2 aliphatic rings. The lowest BCUT2D eigenvalue weighted by molar-refractivity contribution is 0.126. The highest BCUT2D eigenvalue weighted by Gasteiger charge is 2.31. The molecule has 0 amide bonds. The quantitative estimate of drug-likeness (QED) is 0.730. The van der Waals surface area contributed by atoms with Gasteiger partial charge in [-0.3, -0.25) is 5.43 Å². The van der Waals surface area contributed by atoms with Crippen LogP contribution in [0.25, 0.3) is 0 Å². The molecule has 1 aliphatic heterocycles. The van der Waals surface area contributed by atoms with Crippen molar-refractivity contribution in [2.45, 2.75) is 58.4 Å². The molecular formula is C12H24N2. The maximum atomic E-state index is 3.71. The molecule has 2 heteroatoms. The lowest BCUT2D eigenvalue weighted by Crippen LogP contribution is -2.46. The van der Waals surface area contributed by atoms with E-state index in [1.807, 2.05) is 0 Å². The second kappa shape index (κ2) is 4.19. The highest BCUT2D eigenvalue weighted by molar-refractivity contribution is 4.86. The van der Waals surface area contributed by atoms with Gasteiger partial charge in [-0.25, -0.2) is 5.01 Å². The molecule has 2 fully saturated rings. The van der Waals surface area contributed by atoms with E-state index in [-0.39, 0.29) is 0 Å². The summed E-state index contributed by atoms with van der Waals surface area (Å²) in [6.07, 6.45) is 8.28. The predicted octanol–water partition coefficient (Wildman–Crippen LogP) is 2.56. The van der Waals surface area contributed by atoms with E-state index >= 15 is 0 Å². The summed E-state index contributed by atoms with van der Waals surface area (Å²) in [5.41, 5.74) is 4.28. The van der Waals surface area contributed by atoms with Gasteiger partial charge in [-0.05, 0) is 37.5 Å². The monoisotopic (exact) mass is 196 g/mol. The van der Waals surface area contributed by atoms with Crippen LogP contribution in [0.2, 0.25) is 0 Å². The molecule has 2 rings (SSSR count). The van der Waals surface area contributed by atoms with Crippen molar-refractivity contribution >= 4 is 0 Å². The predicted molar refractivity (Wildman–Crippen MR) is 60.0 cm³/mol. The molecule has 14 heavy (non-hydrogen) atoms. The fourth-order valence-corrected chi connectivity index (χ4v) is 2.83. The van der Waals surface area contributed by atoms with Gasteiger partial charge < -0.3 is 0 Å². The minimum atomic E-state index is 0.577. The van der Waals surface area contributed by atoms with Gasteiger partial charge in [0.1, 0.15) is 0 Å². The Balaban J connectivity index is 1.75. The third-order valence-corrected chi connectivity index (χ3v) is 3.69. The molecule has 1 N–H and O–H groups in total. The van der Waals surface area contributed by atoms with Crippen molar-refractivity contribution in [2.24, 2.45) is 5.41 Å². The summed E-state index contributed by atoms with van der Waals surface area (Å²) in [6.45, 7) is 7.31. The SMILES string of the molecule is CC1(C)CCC(NN2CCCCC2)C1. The van der Waals surface area contributed by atoms with Crippen LogP contribution < -0.4 is 5.43 Å². The Morgan fingerprint density at radius 2 is 1.86 bits per heavy atom. The lowest BCUT2D eigenvalue weighted by Gasteiger charge is -2.30. The molecule has 1 atom stereocenters. The third kappa shape index (κ3) is 2.71. The second-order valence-electron chi connectivity index (χ2n) is 5.78. The van der Waals surface area contributed by atoms with E-state index in [1.54, 1.807) is 0 Å². The van der Waals surface area contributed by atoms with E-state index in [0.717, 1.165) is 6.04 Å². The van der Waals surface area contributed by atoms with E-state index in [1.165, 1.54) is 51.6 Å². The molecule has 1 heterocycles. The van der Waals surface area contributed by atoms with Crippen molar-refractivity contribution in [3.05, 3.63) is 0 Å². The largest absolute Gasteiger partial charge is 0.252 e. The number of nitrogens with zero attached hydrogens (tertiary/aromatic N) is 1. The van der Waals surface area contributed by atoms with Crippen LogP contribution >= 0.6 is 0 Å². The van der Waals surface area contributed by atoms with Crippen LogP contribution in [0.15, 0.2) is 0 Å². The summed E-state index contributed by atoms with van der Waals surface area (Å²) in [4.78, 5) is 0. The summed E-state index contributed by atoms with van der Waals surface area (Å²) >= 11 is 0. The third-order valence-electron chi connectivity index (χ3n) is 3.69. The molecule has 0 aromatic heterocycles. The highest BCUT2D eigenvalue weighted by atomic mass is 15.5. The van der Waals surface area contributed by atoms with Crippen molar-refractivity contribution < 1.29 is 0 Å². The van der Waals surface area contributed by atoms with Gasteiger partial charge in [0, 0.05) is 19.1 Å². The van der Waals surface area contributed by atoms with Crippen molar-refractivity contribution in [3.8, 4) is 0 Å². The van der Waals surface area contributed by atoms with Gasteiger partial charge in [0.05, 0.1) is 0 Å². The Labute approximate surface area is 88.0 Å². The number of hydrogen-bond acceptors (Lipinski definition) is 2. The van der Waals surface area contributed by atoms with Crippen LogP contribution in [0.4, 0.5) is 0 Å². The first-order valence-corrected chi connectivity index (χ1v) is 6.17. The zero-order valence-electron chi connectivity index (χ0n) is 9.68. The van der Waals surface area contributed by atoms with Gasteiger partial charge in [-0.15, -0.1) is 0 Å². The van der Waals surface area contributed by atoms with Crippen molar-refractivity contribution in [3.63, 3.8) is 0 Å². The maximum Gasteiger partial charge on any atom is 0.0220 e. The first kappa shape index (κ1) is 10.4. The van der Waals surface area contributed by atoms with Gasteiger partial charge in [0.15, 0.2) is 0 Å². The summed E-state index contributed by atoms with van der Waals surface area (Å²) in [5, 5.41) is 2.45. The smallest absolute Gasteiger partial charge is 0.0220 e. The van der Waals surface area contributed by atoms with Crippen LogP contribution in [-0.2, 0) is 0 Å². The fraction of sp³-hybridized carbons (Fsp3) is 1.00. The first-order chi connectivity index (χ1) is 6.66. The van der Waals surface area contributed by atoms with Crippen molar-refractivity contribution in [1.82, 2.24) is 10.4 Å². The summed E-state index contributed by atoms with van der Waals surface area (Å²) in [5.74, 6) is 0. The molecule has 1 aliphatic carbocycles. The lowest BCUT2D eigenvalue weighted by atomic mass is 9.92. The molecule has 82 valence electrons. The zero-order valence-corrected chi connectivity index (χ0v) is 9.68. The Hall–Kier alpha value is -0.0800. The van der Waals surface area contributed by atoms with Crippen molar-refractivity contribution in [1.29, 1.82) is 0 Å². The minimum absolute atomic E-state index is 0.577. The number of piperidine rings is 1. The summed E-state index contributed by atoms with van der Waals surface area (Å²) in [6, 6.07) is 0.753. The molecule has 0 spiro atoms. The average Bonchev–Trinajstić information content (AvgIpc) is 2.47. The van der Waals surface area contributed by atoms with Gasteiger partial charge >= 0.3 is 0 Å². The maximum absolute atomic E-state index is 3.71. The first-order valence-electron chi connectivity index (χ1n) is 6.17. The highest BCUT2D eigenvalue weighted by Crippen LogP contribution is 2.37. The summed E-state index contributed by atoms with van der Waals surface area (Å²) in [7, 11) is 0. The minimum Gasteiger partial charge on any atom is -0.252 e. The Morgan fingerprint density at radius 3 is 2.43 bits per heavy atom. The van der Waals surface area contributed by atoms with Crippen LogP contribution in [0, 0.1) is 5.41 Å². The topological polar surface area (TPSA) is 15.3 Å². The average molecular weight is 196 g/mol. The number of hydrogen-bond donors (Lipinski definition) is 1. The molecule has 1 saturated heterocycles. The molecule has 0 aromatic carbocycles. The normalized spacial score (nSPS) is 33.4. The number of rotatable bonds is 2.